The average Bonchev–Trinajstić information content (AvgIpc) is 2.13. The minimum absolute atomic E-state index is 0. The molecule has 0 fully saturated rings. The van der Waals surface area contributed by atoms with E-state index in [0.717, 1.165) is 5.69 Å². The van der Waals surface area contributed by atoms with E-state index in [1.54, 1.807) is 12.5 Å². The molecule has 0 aliphatic heterocycles. The zero-order chi connectivity index (χ0) is 6.85. The molecule has 11 heavy (non-hydrogen) atoms. The van der Waals surface area contributed by atoms with Crippen LogP contribution in [0.25, 0.3) is 0 Å². The highest BCUT2D eigenvalue weighted by molar-refractivity contribution is 5.85. The van der Waals surface area contributed by atoms with E-state index in [4.69, 9.17) is 5.73 Å². The van der Waals surface area contributed by atoms with Crippen LogP contribution in [0.15, 0.2) is 12.5 Å². The van der Waals surface area contributed by atoms with E-state index in [0.29, 0.717) is 0 Å². The van der Waals surface area contributed by atoms with Gasteiger partial charge in [-0.15, -0.1) is 24.8 Å². The van der Waals surface area contributed by atoms with Gasteiger partial charge < -0.3 is 10.3 Å². The Bertz CT molecular complexity index is 197. The number of aromatic nitrogens is 2. The number of halogens is 2. The molecule has 1 rings (SSSR count). The summed E-state index contributed by atoms with van der Waals surface area (Å²) in [7, 11) is 1.94. The van der Waals surface area contributed by atoms with Gasteiger partial charge in [-0.2, -0.15) is 0 Å². The fourth-order valence-corrected chi connectivity index (χ4v) is 0.806. The molecule has 0 aliphatic carbocycles. The summed E-state index contributed by atoms with van der Waals surface area (Å²) in [6.45, 7) is 1.94. The van der Waals surface area contributed by atoms with Crippen molar-refractivity contribution in [3.8, 4) is 0 Å². The summed E-state index contributed by atoms with van der Waals surface area (Å²) in [6.07, 6.45) is 3.53. The van der Waals surface area contributed by atoms with Crippen molar-refractivity contribution in [2.24, 2.45) is 12.8 Å². The van der Waals surface area contributed by atoms with E-state index < -0.39 is 0 Å². The Morgan fingerprint density at radius 3 is 2.27 bits per heavy atom. The summed E-state index contributed by atoms with van der Waals surface area (Å²) in [5.41, 5.74) is 6.66. The third-order valence-corrected chi connectivity index (χ3v) is 1.32. The van der Waals surface area contributed by atoms with Crippen LogP contribution in [0.3, 0.4) is 0 Å². The zero-order valence-corrected chi connectivity index (χ0v) is 8.15. The van der Waals surface area contributed by atoms with Crippen LogP contribution in [0, 0.1) is 0 Å². The van der Waals surface area contributed by atoms with Crippen LogP contribution in [-0.2, 0) is 7.05 Å². The second-order valence-electron chi connectivity index (χ2n) is 2.22. The Morgan fingerprint density at radius 1 is 1.55 bits per heavy atom. The van der Waals surface area contributed by atoms with E-state index in [-0.39, 0.29) is 30.9 Å². The van der Waals surface area contributed by atoms with Crippen LogP contribution in [0.2, 0.25) is 0 Å². The molecule has 0 radical (unpaired) electrons. The van der Waals surface area contributed by atoms with Crippen molar-refractivity contribution in [3.05, 3.63) is 18.2 Å². The third-order valence-electron chi connectivity index (χ3n) is 1.32. The molecule has 1 atom stereocenters. The lowest BCUT2D eigenvalue weighted by atomic mass is 10.3. The summed E-state index contributed by atoms with van der Waals surface area (Å²) >= 11 is 0. The lowest BCUT2D eigenvalue weighted by Gasteiger charge is -2.03. The van der Waals surface area contributed by atoms with Gasteiger partial charge in [-0.3, -0.25) is 0 Å². The van der Waals surface area contributed by atoms with Gasteiger partial charge in [0.2, 0.25) is 0 Å². The Kier molecular flexibility index (Phi) is 6.56. The quantitative estimate of drug-likeness (QED) is 0.738. The van der Waals surface area contributed by atoms with Crippen LogP contribution < -0.4 is 5.73 Å². The van der Waals surface area contributed by atoms with Crippen molar-refractivity contribution in [3.63, 3.8) is 0 Å². The molecule has 2 N–H and O–H groups in total. The number of hydrogen-bond acceptors (Lipinski definition) is 2. The van der Waals surface area contributed by atoms with Crippen LogP contribution in [0.4, 0.5) is 0 Å². The maximum absolute atomic E-state index is 5.60. The SMILES string of the molecule is CC(N)c1cncn1C.Cl.Cl. The standard InChI is InChI=1S/C6H11N3.2ClH/c1-5(7)6-3-8-4-9(6)2;;/h3-5H,7H2,1-2H3;2*1H. The van der Waals surface area contributed by atoms with Gasteiger partial charge in [0, 0.05) is 19.3 Å². The van der Waals surface area contributed by atoms with Gasteiger partial charge in [0.1, 0.15) is 0 Å². The highest BCUT2D eigenvalue weighted by Crippen LogP contribution is 2.05. The van der Waals surface area contributed by atoms with Gasteiger partial charge in [-0.1, -0.05) is 0 Å². The van der Waals surface area contributed by atoms with Crippen LogP contribution in [-0.4, -0.2) is 9.55 Å². The van der Waals surface area contributed by atoms with Crippen molar-refractivity contribution < 1.29 is 0 Å². The van der Waals surface area contributed by atoms with Crippen LogP contribution in [0.1, 0.15) is 18.7 Å². The van der Waals surface area contributed by atoms with E-state index in [2.05, 4.69) is 4.98 Å². The third kappa shape index (κ3) is 3.10. The molecular formula is C6H13Cl2N3. The van der Waals surface area contributed by atoms with Crippen molar-refractivity contribution in [2.45, 2.75) is 13.0 Å². The number of aryl methyl sites for hydroxylation is 1. The predicted octanol–water partition coefficient (Wildman–Crippen LogP) is 1.28. The number of nitrogens with zero attached hydrogens (tertiary/aromatic N) is 2. The minimum Gasteiger partial charge on any atom is -0.336 e. The molecule has 66 valence electrons. The first-order valence-corrected chi connectivity index (χ1v) is 2.93. The molecular weight excluding hydrogens is 185 g/mol. The normalized spacial score (nSPS) is 11.2. The van der Waals surface area contributed by atoms with E-state index >= 15 is 0 Å². The lowest BCUT2D eigenvalue weighted by Crippen LogP contribution is -2.08. The molecule has 1 heterocycles. The molecule has 0 saturated heterocycles. The Morgan fingerprint density at radius 2 is 2.09 bits per heavy atom. The smallest absolute Gasteiger partial charge is 0.0946 e. The molecule has 1 aromatic heterocycles. The fourth-order valence-electron chi connectivity index (χ4n) is 0.806. The topological polar surface area (TPSA) is 43.8 Å². The van der Waals surface area contributed by atoms with Gasteiger partial charge in [0.05, 0.1) is 12.0 Å². The molecule has 1 aromatic rings. The van der Waals surface area contributed by atoms with Crippen LogP contribution >= 0.6 is 24.8 Å². The monoisotopic (exact) mass is 197 g/mol. The van der Waals surface area contributed by atoms with Gasteiger partial charge in [-0.25, -0.2) is 4.98 Å². The highest BCUT2D eigenvalue weighted by Gasteiger charge is 2.01. The van der Waals surface area contributed by atoms with Gasteiger partial charge in [0.25, 0.3) is 0 Å². The summed E-state index contributed by atoms with van der Waals surface area (Å²) in [5.74, 6) is 0. The van der Waals surface area contributed by atoms with Gasteiger partial charge in [-0.05, 0) is 6.92 Å². The molecule has 0 saturated carbocycles. The molecule has 0 bridgehead atoms. The number of nitrogens with two attached hydrogens (primary N) is 1. The first kappa shape index (κ1) is 13.3. The van der Waals surface area contributed by atoms with Crippen molar-refractivity contribution in [2.75, 3.05) is 0 Å². The summed E-state index contributed by atoms with van der Waals surface area (Å²) in [4.78, 5) is 3.93. The first-order chi connectivity index (χ1) is 4.22. The lowest BCUT2D eigenvalue weighted by molar-refractivity contribution is 0.715. The number of rotatable bonds is 1. The maximum atomic E-state index is 5.60. The molecule has 0 aromatic carbocycles. The predicted molar refractivity (Wildman–Crippen MR) is 50.3 cm³/mol. The Labute approximate surface area is 78.8 Å². The maximum Gasteiger partial charge on any atom is 0.0946 e. The minimum atomic E-state index is 0. The molecule has 1 unspecified atom stereocenters. The van der Waals surface area contributed by atoms with E-state index in [1.165, 1.54) is 0 Å². The van der Waals surface area contributed by atoms with Gasteiger partial charge >= 0.3 is 0 Å². The van der Waals surface area contributed by atoms with E-state index in [1.807, 2.05) is 18.5 Å². The molecule has 0 amide bonds. The number of imidazole rings is 1. The van der Waals surface area contributed by atoms with Crippen molar-refractivity contribution >= 4 is 24.8 Å². The van der Waals surface area contributed by atoms with E-state index in [9.17, 15) is 0 Å². The molecule has 3 nitrogen and oxygen atoms in total. The van der Waals surface area contributed by atoms with Crippen molar-refractivity contribution in [1.82, 2.24) is 9.55 Å². The summed E-state index contributed by atoms with van der Waals surface area (Å²) < 4.78 is 1.92. The molecule has 0 spiro atoms. The largest absolute Gasteiger partial charge is 0.336 e. The second kappa shape index (κ2) is 5.41. The second-order valence-corrected chi connectivity index (χ2v) is 2.22. The highest BCUT2D eigenvalue weighted by atomic mass is 35.5. The first-order valence-electron chi connectivity index (χ1n) is 2.93. The molecule has 0 aliphatic rings. The number of hydrogen-bond donors (Lipinski definition) is 1. The zero-order valence-electron chi connectivity index (χ0n) is 6.52. The Balaban J connectivity index is 0. The van der Waals surface area contributed by atoms with Crippen molar-refractivity contribution in [1.29, 1.82) is 0 Å². The summed E-state index contributed by atoms with van der Waals surface area (Å²) in [5, 5.41) is 0. The fraction of sp³-hybridized carbons (Fsp3) is 0.500. The Hall–Kier alpha value is -0.250. The average molecular weight is 198 g/mol. The van der Waals surface area contributed by atoms with Crippen LogP contribution in [0.5, 0.6) is 0 Å². The summed E-state index contributed by atoms with van der Waals surface area (Å²) in [6, 6.07) is 0.0810. The molecule has 5 heteroatoms. The van der Waals surface area contributed by atoms with Gasteiger partial charge in [0.15, 0.2) is 0 Å².